The number of imidazole rings is 1. The highest BCUT2D eigenvalue weighted by Crippen LogP contribution is 2.31. The second-order valence-corrected chi connectivity index (χ2v) is 6.71. The first-order valence-electron chi connectivity index (χ1n) is 9.26. The van der Waals surface area contributed by atoms with Crippen molar-refractivity contribution >= 4 is 22.8 Å². The van der Waals surface area contributed by atoms with Crippen LogP contribution in [-0.2, 0) is 25.4 Å². The number of nitrogens with one attached hydrogen (secondary N) is 1. The van der Waals surface area contributed by atoms with Crippen LogP contribution in [0.2, 0.25) is 0 Å². The minimum absolute atomic E-state index is 0.100. The van der Waals surface area contributed by atoms with Gasteiger partial charge in [0.25, 0.3) is 5.56 Å². The second kappa shape index (κ2) is 8.98. The highest BCUT2D eigenvalue weighted by Gasteiger charge is 2.15. The van der Waals surface area contributed by atoms with Gasteiger partial charge in [-0.15, -0.1) is 0 Å². The Kier molecular flexibility index (Phi) is 6.37. The van der Waals surface area contributed by atoms with Crippen molar-refractivity contribution in [3.63, 3.8) is 0 Å². The summed E-state index contributed by atoms with van der Waals surface area (Å²) in [7, 11) is 4.22. The zero-order valence-corrected chi connectivity index (χ0v) is 17.1. The van der Waals surface area contributed by atoms with Crippen LogP contribution in [-0.4, -0.2) is 38.3 Å². The molecule has 1 N–H and O–H groups in total. The molecule has 12 heteroatoms. The molecule has 0 spiro atoms. The molecule has 0 saturated heterocycles. The lowest BCUT2D eigenvalue weighted by Gasteiger charge is -2.12. The minimum Gasteiger partial charge on any atom is -0.493 e. The lowest BCUT2D eigenvalue weighted by Crippen LogP contribution is -2.37. The fraction of sp³-hybridized carbons (Fsp3) is 0.368. The SMILES string of the molecule is COc1ccc(NC(=O)CCCn2cnc3c2c(=O)n(C)c(=O)n3C)cc1OC(F)F. The molecule has 10 nitrogen and oxygen atoms in total. The highest BCUT2D eigenvalue weighted by atomic mass is 19.3. The summed E-state index contributed by atoms with van der Waals surface area (Å²) in [6, 6.07) is 4.16. The molecule has 0 radical (unpaired) electrons. The molecule has 2 heterocycles. The number of amides is 1. The molecule has 0 saturated carbocycles. The molecule has 31 heavy (non-hydrogen) atoms. The zero-order chi connectivity index (χ0) is 22.7. The lowest BCUT2D eigenvalue weighted by atomic mass is 10.2. The van der Waals surface area contributed by atoms with Crippen molar-refractivity contribution in [1.29, 1.82) is 0 Å². The van der Waals surface area contributed by atoms with Crippen LogP contribution < -0.4 is 26.0 Å². The monoisotopic (exact) mass is 437 g/mol. The molecule has 0 fully saturated rings. The fourth-order valence-corrected chi connectivity index (χ4v) is 3.14. The van der Waals surface area contributed by atoms with Gasteiger partial charge in [0.05, 0.1) is 13.4 Å². The van der Waals surface area contributed by atoms with Crippen LogP contribution in [0.25, 0.3) is 11.2 Å². The summed E-state index contributed by atoms with van der Waals surface area (Å²) in [5.41, 5.74) is -0.128. The van der Waals surface area contributed by atoms with Crippen molar-refractivity contribution in [2.45, 2.75) is 26.0 Å². The molecule has 2 aromatic heterocycles. The van der Waals surface area contributed by atoms with Gasteiger partial charge in [-0.25, -0.2) is 9.78 Å². The molecule has 166 valence electrons. The Hall–Kier alpha value is -3.70. The van der Waals surface area contributed by atoms with Crippen molar-refractivity contribution < 1.29 is 23.0 Å². The molecule has 0 aliphatic rings. The van der Waals surface area contributed by atoms with Crippen molar-refractivity contribution in [3.05, 3.63) is 45.4 Å². The van der Waals surface area contributed by atoms with E-state index in [1.165, 1.54) is 50.3 Å². The highest BCUT2D eigenvalue weighted by molar-refractivity contribution is 5.91. The van der Waals surface area contributed by atoms with E-state index in [4.69, 9.17) is 4.74 Å². The second-order valence-electron chi connectivity index (χ2n) is 6.71. The normalized spacial score (nSPS) is 11.2. The third-order valence-electron chi connectivity index (χ3n) is 4.68. The molecule has 0 atom stereocenters. The Morgan fingerprint density at radius 3 is 2.61 bits per heavy atom. The Balaban J connectivity index is 1.66. The van der Waals surface area contributed by atoms with Crippen LogP contribution in [0.15, 0.2) is 34.1 Å². The van der Waals surface area contributed by atoms with Crippen LogP contribution >= 0.6 is 0 Å². The first-order valence-corrected chi connectivity index (χ1v) is 9.26. The summed E-state index contributed by atoms with van der Waals surface area (Å²) >= 11 is 0. The van der Waals surface area contributed by atoms with E-state index in [1.807, 2.05) is 0 Å². The maximum absolute atomic E-state index is 12.5. The number of ether oxygens (including phenoxy) is 2. The van der Waals surface area contributed by atoms with Gasteiger partial charge in [-0.1, -0.05) is 0 Å². The van der Waals surface area contributed by atoms with E-state index in [2.05, 4.69) is 15.0 Å². The number of aryl methyl sites for hydroxylation is 2. The molecule has 0 unspecified atom stereocenters. The number of nitrogens with zero attached hydrogens (tertiary/aromatic N) is 4. The summed E-state index contributed by atoms with van der Waals surface area (Å²) < 4.78 is 38.3. The molecule has 3 aromatic rings. The quantitative estimate of drug-likeness (QED) is 0.572. The number of hydrogen-bond acceptors (Lipinski definition) is 6. The lowest BCUT2D eigenvalue weighted by molar-refractivity contribution is -0.116. The molecule has 0 bridgehead atoms. The standard InChI is InChI=1S/C19H21F2N5O5/c1-24-16-15(17(28)25(2)19(24)29)26(10-22-16)8-4-5-14(27)23-11-6-7-12(30-3)13(9-11)31-18(20)21/h6-7,9-10,18H,4-5,8H2,1-3H3,(H,23,27). The number of carbonyl (C=O) groups excluding carboxylic acids is 1. The first-order chi connectivity index (χ1) is 14.7. The van der Waals surface area contributed by atoms with Gasteiger partial charge < -0.3 is 19.4 Å². The summed E-state index contributed by atoms with van der Waals surface area (Å²) in [4.78, 5) is 40.8. The van der Waals surface area contributed by atoms with E-state index in [0.717, 1.165) is 4.57 Å². The van der Waals surface area contributed by atoms with Crippen molar-refractivity contribution in [2.75, 3.05) is 12.4 Å². The van der Waals surface area contributed by atoms with Crippen molar-refractivity contribution in [1.82, 2.24) is 18.7 Å². The van der Waals surface area contributed by atoms with Crippen LogP contribution in [0, 0.1) is 0 Å². The third-order valence-corrected chi connectivity index (χ3v) is 4.68. The number of hydrogen-bond donors (Lipinski definition) is 1. The third kappa shape index (κ3) is 4.57. The number of carbonyl (C=O) groups is 1. The summed E-state index contributed by atoms with van der Waals surface area (Å²) in [5, 5.41) is 2.61. The van der Waals surface area contributed by atoms with E-state index in [0.29, 0.717) is 13.0 Å². The fourth-order valence-electron chi connectivity index (χ4n) is 3.14. The topological polar surface area (TPSA) is 109 Å². The van der Waals surface area contributed by atoms with Gasteiger partial charge >= 0.3 is 12.3 Å². The van der Waals surface area contributed by atoms with Gasteiger partial charge in [-0.2, -0.15) is 8.78 Å². The average Bonchev–Trinajstić information content (AvgIpc) is 3.14. The average molecular weight is 437 g/mol. The molecule has 3 rings (SSSR count). The van der Waals surface area contributed by atoms with Gasteiger partial charge in [-0.3, -0.25) is 18.7 Å². The predicted molar refractivity (Wildman–Crippen MR) is 108 cm³/mol. The number of methoxy groups -OCH3 is 1. The van der Waals surface area contributed by atoms with E-state index < -0.39 is 17.9 Å². The van der Waals surface area contributed by atoms with Gasteiger partial charge in [-0.05, 0) is 18.6 Å². The number of benzene rings is 1. The van der Waals surface area contributed by atoms with Crippen LogP contribution in [0.3, 0.4) is 0 Å². The van der Waals surface area contributed by atoms with Crippen LogP contribution in [0.5, 0.6) is 11.5 Å². The van der Waals surface area contributed by atoms with Crippen molar-refractivity contribution in [3.8, 4) is 11.5 Å². The Labute approximate surface area is 174 Å². The van der Waals surface area contributed by atoms with Gasteiger partial charge in [0, 0.05) is 38.8 Å². The van der Waals surface area contributed by atoms with E-state index in [1.54, 1.807) is 4.57 Å². The Morgan fingerprint density at radius 1 is 1.19 bits per heavy atom. The number of fused-ring (bicyclic) bond motifs is 1. The molecule has 1 amide bonds. The van der Waals surface area contributed by atoms with Crippen molar-refractivity contribution in [2.24, 2.45) is 14.1 Å². The first kappa shape index (κ1) is 22.0. The van der Waals surface area contributed by atoms with Gasteiger partial charge in [0.2, 0.25) is 5.91 Å². The van der Waals surface area contributed by atoms with Gasteiger partial charge in [0.15, 0.2) is 22.7 Å². The number of aromatic nitrogens is 4. The number of anilines is 1. The van der Waals surface area contributed by atoms with E-state index in [-0.39, 0.29) is 40.7 Å². The van der Waals surface area contributed by atoms with Gasteiger partial charge in [0.1, 0.15) is 0 Å². The van der Waals surface area contributed by atoms with E-state index >= 15 is 0 Å². The smallest absolute Gasteiger partial charge is 0.387 e. The zero-order valence-electron chi connectivity index (χ0n) is 17.1. The predicted octanol–water partition coefficient (Wildman–Crippen LogP) is 1.46. The number of halogens is 2. The summed E-state index contributed by atoms with van der Waals surface area (Å²) in [6.45, 7) is -2.71. The maximum atomic E-state index is 12.5. The molecule has 1 aromatic carbocycles. The van der Waals surface area contributed by atoms with Crippen LogP contribution in [0.4, 0.5) is 14.5 Å². The Bertz CT molecular complexity index is 1230. The molecule has 0 aliphatic heterocycles. The van der Waals surface area contributed by atoms with Crippen LogP contribution in [0.1, 0.15) is 12.8 Å². The minimum atomic E-state index is -3.03. The number of alkyl halides is 2. The molecular weight excluding hydrogens is 416 g/mol. The summed E-state index contributed by atoms with van der Waals surface area (Å²) in [5.74, 6) is -0.430. The molecular formula is C19H21F2N5O5. The number of rotatable bonds is 8. The van der Waals surface area contributed by atoms with E-state index in [9.17, 15) is 23.2 Å². The Morgan fingerprint density at radius 2 is 1.94 bits per heavy atom. The maximum Gasteiger partial charge on any atom is 0.387 e. The molecule has 0 aliphatic carbocycles. The summed E-state index contributed by atoms with van der Waals surface area (Å²) in [6.07, 6.45) is 1.92. The largest absolute Gasteiger partial charge is 0.493 e.